The molecule has 24 heavy (non-hydrogen) atoms. The zero-order valence-corrected chi connectivity index (χ0v) is 15.3. The van der Waals surface area contributed by atoms with Crippen LogP contribution in [-0.4, -0.2) is 44.3 Å². The molecule has 4 nitrogen and oxygen atoms in total. The van der Waals surface area contributed by atoms with Gasteiger partial charge in [-0.1, -0.05) is 36.4 Å². The van der Waals surface area contributed by atoms with Gasteiger partial charge in [-0.15, -0.1) is 0 Å². The van der Waals surface area contributed by atoms with Crippen molar-refractivity contribution in [3.8, 4) is 0 Å². The molecule has 0 spiro atoms. The maximum Gasteiger partial charge on any atom is 0.243 e. The zero-order valence-electron chi connectivity index (χ0n) is 14.4. The highest BCUT2D eigenvalue weighted by Crippen LogP contribution is 2.28. The van der Waals surface area contributed by atoms with Crippen LogP contribution < -0.4 is 0 Å². The van der Waals surface area contributed by atoms with Gasteiger partial charge in [0.25, 0.3) is 0 Å². The van der Waals surface area contributed by atoms with E-state index in [1.165, 1.54) is 0 Å². The third-order valence-electron chi connectivity index (χ3n) is 4.91. The average Bonchev–Trinajstić information content (AvgIpc) is 2.58. The number of hydrogen-bond donors (Lipinski definition) is 0. The van der Waals surface area contributed by atoms with Crippen molar-refractivity contribution in [3.63, 3.8) is 0 Å². The van der Waals surface area contributed by atoms with E-state index < -0.39 is 10.0 Å². The standard InChI is InChI=1S/C19H24N2O2S/c1-15-9-10-18(13-16(15)2)24(22,23)21-12-11-20(3)19(14-21)17-7-5-4-6-8-17/h4-10,13,19H,11-12,14H2,1-3H3. The van der Waals surface area contributed by atoms with Gasteiger partial charge >= 0.3 is 0 Å². The largest absolute Gasteiger partial charge is 0.297 e. The number of rotatable bonds is 3. The highest BCUT2D eigenvalue weighted by molar-refractivity contribution is 7.89. The van der Waals surface area contributed by atoms with Crippen LogP contribution >= 0.6 is 0 Å². The fraction of sp³-hybridized carbons (Fsp3) is 0.368. The Hall–Kier alpha value is -1.69. The molecular formula is C19H24N2O2S. The summed E-state index contributed by atoms with van der Waals surface area (Å²) in [7, 11) is -1.41. The molecule has 0 radical (unpaired) electrons. The number of sulfonamides is 1. The van der Waals surface area contributed by atoms with Gasteiger partial charge in [-0.2, -0.15) is 4.31 Å². The van der Waals surface area contributed by atoms with E-state index in [-0.39, 0.29) is 6.04 Å². The Kier molecular flexibility index (Phi) is 4.76. The van der Waals surface area contributed by atoms with Gasteiger partial charge < -0.3 is 0 Å². The third-order valence-corrected chi connectivity index (χ3v) is 6.77. The Balaban J connectivity index is 1.89. The minimum absolute atomic E-state index is 0.0845. The van der Waals surface area contributed by atoms with Crippen molar-refractivity contribution >= 4 is 10.0 Å². The molecule has 128 valence electrons. The second kappa shape index (κ2) is 6.67. The fourth-order valence-corrected chi connectivity index (χ4v) is 4.65. The molecule has 0 saturated carbocycles. The van der Waals surface area contributed by atoms with E-state index in [1.54, 1.807) is 16.4 Å². The molecule has 1 aliphatic rings. The monoisotopic (exact) mass is 344 g/mol. The second-order valence-electron chi connectivity index (χ2n) is 6.52. The summed E-state index contributed by atoms with van der Waals surface area (Å²) >= 11 is 0. The van der Waals surface area contributed by atoms with E-state index in [4.69, 9.17) is 0 Å². The smallest absolute Gasteiger partial charge is 0.243 e. The SMILES string of the molecule is Cc1ccc(S(=O)(=O)N2CCN(C)C(c3ccccc3)C2)cc1C. The first-order chi connectivity index (χ1) is 11.4. The lowest BCUT2D eigenvalue weighted by molar-refractivity contribution is 0.148. The number of nitrogens with zero attached hydrogens (tertiary/aromatic N) is 2. The van der Waals surface area contributed by atoms with E-state index >= 15 is 0 Å². The molecule has 1 aliphatic heterocycles. The molecule has 0 N–H and O–H groups in total. The van der Waals surface area contributed by atoms with Crippen molar-refractivity contribution in [2.24, 2.45) is 0 Å². The van der Waals surface area contributed by atoms with Crippen LogP contribution in [0.4, 0.5) is 0 Å². The Morgan fingerprint density at radius 1 is 0.958 bits per heavy atom. The summed E-state index contributed by atoms with van der Waals surface area (Å²) in [6.07, 6.45) is 0. The van der Waals surface area contributed by atoms with Crippen molar-refractivity contribution in [1.82, 2.24) is 9.21 Å². The predicted octanol–water partition coefficient (Wildman–Crippen LogP) is 2.98. The van der Waals surface area contributed by atoms with Crippen LogP contribution in [0.15, 0.2) is 53.4 Å². The van der Waals surface area contributed by atoms with Gasteiger partial charge in [0.2, 0.25) is 10.0 Å². The molecule has 3 rings (SSSR count). The van der Waals surface area contributed by atoms with E-state index in [2.05, 4.69) is 24.1 Å². The maximum absolute atomic E-state index is 13.0. The van der Waals surface area contributed by atoms with Gasteiger partial charge in [0.05, 0.1) is 4.90 Å². The Morgan fingerprint density at radius 3 is 2.33 bits per heavy atom. The van der Waals surface area contributed by atoms with Crippen molar-refractivity contribution in [2.75, 3.05) is 26.7 Å². The summed E-state index contributed by atoms with van der Waals surface area (Å²) in [4.78, 5) is 2.61. The molecule has 1 fully saturated rings. The van der Waals surface area contributed by atoms with Gasteiger partial charge in [-0.25, -0.2) is 8.42 Å². The minimum atomic E-state index is -3.46. The molecule has 2 aromatic rings. The van der Waals surface area contributed by atoms with E-state index in [9.17, 15) is 8.42 Å². The normalized spacial score (nSPS) is 20.2. The molecule has 1 atom stereocenters. The molecule has 0 aromatic heterocycles. The summed E-state index contributed by atoms with van der Waals surface area (Å²) in [6.45, 7) is 5.67. The zero-order chi connectivity index (χ0) is 17.3. The number of likely N-dealkylation sites (N-methyl/N-ethyl adjacent to an activating group) is 1. The van der Waals surface area contributed by atoms with Crippen LogP contribution in [0, 0.1) is 13.8 Å². The highest BCUT2D eigenvalue weighted by Gasteiger charge is 2.33. The topological polar surface area (TPSA) is 40.6 Å². The van der Waals surface area contributed by atoms with Gasteiger partial charge in [-0.3, -0.25) is 4.90 Å². The lowest BCUT2D eigenvalue weighted by Gasteiger charge is -2.39. The lowest BCUT2D eigenvalue weighted by atomic mass is 10.0. The first-order valence-corrected chi connectivity index (χ1v) is 9.66. The number of piperazine rings is 1. The molecule has 0 amide bonds. The van der Waals surface area contributed by atoms with Crippen LogP contribution in [0.2, 0.25) is 0 Å². The second-order valence-corrected chi connectivity index (χ2v) is 8.45. The van der Waals surface area contributed by atoms with Crippen molar-refractivity contribution in [1.29, 1.82) is 0 Å². The summed E-state index contributed by atoms with van der Waals surface area (Å²) in [5.74, 6) is 0. The van der Waals surface area contributed by atoms with Gasteiger partial charge in [-0.05, 0) is 49.7 Å². The van der Waals surface area contributed by atoms with Gasteiger partial charge in [0.15, 0.2) is 0 Å². The average molecular weight is 344 g/mol. The molecule has 2 aromatic carbocycles. The van der Waals surface area contributed by atoms with Crippen molar-refractivity contribution < 1.29 is 8.42 Å². The fourth-order valence-electron chi connectivity index (χ4n) is 3.13. The number of benzene rings is 2. The summed E-state index contributed by atoms with van der Waals surface area (Å²) < 4.78 is 27.7. The molecular weight excluding hydrogens is 320 g/mol. The summed E-state index contributed by atoms with van der Waals surface area (Å²) in [6, 6.07) is 15.6. The Labute approximate surface area is 144 Å². The molecule has 0 aliphatic carbocycles. The van der Waals surface area contributed by atoms with Gasteiger partial charge in [0.1, 0.15) is 0 Å². The molecule has 1 unspecified atom stereocenters. The third kappa shape index (κ3) is 3.24. The van der Waals surface area contributed by atoms with Crippen molar-refractivity contribution in [2.45, 2.75) is 24.8 Å². The molecule has 1 heterocycles. The lowest BCUT2D eigenvalue weighted by Crippen LogP contribution is -2.48. The van der Waals surface area contributed by atoms with Crippen LogP contribution in [0.1, 0.15) is 22.7 Å². The van der Waals surface area contributed by atoms with Crippen LogP contribution in [0.5, 0.6) is 0 Å². The first-order valence-electron chi connectivity index (χ1n) is 8.22. The summed E-state index contributed by atoms with van der Waals surface area (Å²) in [5, 5.41) is 0. The maximum atomic E-state index is 13.0. The van der Waals surface area contributed by atoms with Crippen molar-refractivity contribution in [3.05, 3.63) is 65.2 Å². The Morgan fingerprint density at radius 2 is 1.67 bits per heavy atom. The Bertz CT molecular complexity index is 819. The first kappa shape index (κ1) is 17.1. The highest BCUT2D eigenvalue weighted by atomic mass is 32.2. The van der Waals surface area contributed by atoms with E-state index in [0.717, 1.165) is 23.2 Å². The molecule has 1 saturated heterocycles. The number of hydrogen-bond acceptors (Lipinski definition) is 3. The quantitative estimate of drug-likeness (QED) is 0.859. The minimum Gasteiger partial charge on any atom is -0.297 e. The van der Waals surface area contributed by atoms with E-state index in [1.807, 2.05) is 38.1 Å². The molecule has 5 heteroatoms. The summed E-state index contributed by atoms with van der Waals surface area (Å²) in [5.41, 5.74) is 3.26. The number of aryl methyl sites for hydroxylation is 2. The van der Waals surface area contributed by atoms with Crippen LogP contribution in [-0.2, 0) is 10.0 Å². The predicted molar refractivity (Wildman–Crippen MR) is 96.5 cm³/mol. The van der Waals surface area contributed by atoms with Gasteiger partial charge in [0, 0.05) is 25.7 Å². The molecule has 0 bridgehead atoms. The van der Waals surface area contributed by atoms with Crippen LogP contribution in [0.25, 0.3) is 0 Å². The van der Waals surface area contributed by atoms with E-state index in [0.29, 0.717) is 18.0 Å². The van der Waals surface area contributed by atoms with Crippen LogP contribution in [0.3, 0.4) is 0 Å².